The van der Waals surface area contributed by atoms with E-state index in [-0.39, 0.29) is 18.5 Å². The van der Waals surface area contributed by atoms with Crippen molar-refractivity contribution in [1.29, 1.82) is 0 Å². The van der Waals surface area contributed by atoms with Crippen LogP contribution in [0, 0.1) is 0 Å². The van der Waals surface area contributed by atoms with E-state index in [4.69, 9.17) is 4.74 Å². The van der Waals surface area contributed by atoms with Crippen LogP contribution in [0.2, 0.25) is 0 Å². The van der Waals surface area contributed by atoms with Crippen LogP contribution in [0.3, 0.4) is 0 Å². The number of aliphatic hydroxyl groups is 2. The van der Waals surface area contributed by atoms with Gasteiger partial charge in [0.25, 0.3) is 0 Å². The summed E-state index contributed by atoms with van der Waals surface area (Å²) in [5, 5.41) is 23.1. The third-order valence-corrected chi connectivity index (χ3v) is 12.6. The van der Waals surface area contributed by atoms with Gasteiger partial charge in [-0.15, -0.1) is 0 Å². The zero-order chi connectivity index (χ0) is 46.5. The van der Waals surface area contributed by atoms with E-state index in [0.29, 0.717) is 25.9 Å². The first kappa shape index (κ1) is 61.8. The Balaban J connectivity index is 3.59. The predicted octanol–water partition coefficient (Wildman–Crippen LogP) is 17.0. The van der Waals surface area contributed by atoms with E-state index in [0.717, 1.165) is 51.4 Å². The van der Waals surface area contributed by atoms with Crippen molar-refractivity contribution in [2.24, 2.45) is 0 Å². The summed E-state index contributed by atoms with van der Waals surface area (Å²) in [6.45, 7) is 4.80. The molecule has 0 fully saturated rings. The molecular weight excluding hydrogens is 791 g/mol. The van der Waals surface area contributed by atoms with Crippen molar-refractivity contribution in [3.05, 3.63) is 48.6 Å². The Morgan fingerprint density at radius 3 is 1.28 bits per heavy atom. The molecule has 0 radical (unpaired) electrons. The highest BCUT2D eigenvalue weighted by molar-refractivity contribution is 5.76. The molecule has 0 aromatic rings. The first-order valence-corrected chi connectivity index (χ1v) is 27.9. The molecule has 0 aliphatic carbocycles. The minimum Gasteiger partial charge on any atom is -0.466 e. The van der Waals surface area contributed by atoms with Crippen molar-refractivity contribution in [3.63, 3.8) is 0 Å². The molecule has 6 nitrogen and oxygen atoms in total. The van der Waals surface area contributed by atoms with Crippen LogP contribution < -0.4 is 5.32 Å². The van der Waals surface area contributed by atoms with Crippen molar-refractivity contribution < 1.29 is 24.5 Å². The number of ether oxygens (including phenoxy) is 1. The lowest BCUT2D eigenvalue weighted by atomic mass is 10.0. The Morgan fingerprint density at radius 1 is 0.438 bits per heavy atom. The second-order valence-corrected chi connectivity index (χ2v) is 18.9. The average Bonchev–Trinajstić information content (AvgIpc) is 3.29. The summed E-state index contributed by atoms with van der Waals surface area (Å²) < 4.78 is 5.43. The lowest BCUT2D eigenvalue weighted by molar-refractivity contribution is -0.143. The smallest absolute Gasteiger partial charge is 0.305 e. The van der Waals surface area contributed by atoms with Crippen molar-refractivity contribution >= 4 is 11.9 Å². The SMILES string of the molecule is CCCC/C=C\CCCCCCCC(=O)OCCCCCCCC/C=C\C/C=C\CCC(=O)NC(CO)C(O)/C=C/CCCCCCCCCCCCCCCCCCCCCCC. The number of carbonyl (C=O) groups excluding carboxylic acids is 2. The molecule has 1 amide bonds. The minimum absolute atomic E-state index is 0.0299. The first-order chi connectivity index (χ1) is 31.5. The predicted molar refractivity (Wildman–Crippen MR) is 278 cm³/mol. The number of unbranched alkanes of at least 4 members (excludes halogenated alkanes) is 34. The van der Waals surface area contributed by atoms with Crippen LogP contribution in [0.1, 0.15) is 284 Å². The molecule has 0 rings (SSSR count). The molecule has 0 heterocycles. The quantitative estimate of drug-likeness (QED) is 0.0321. The van der Waals surface area contributed by atoms with Gasteiger partial charge in [-0.05, 0) is 70.6 Å². The fourth-order valence-corrected chi connectivity index (χ4v) is 8.25. The average molecular weight is 898 g/mol. The summed E-state index contributed by atoms with van der Waals surface area (Å²) >= 11 is 0. The van der Waals surface area contributed by atoms with Gasteiger partial charge in [-0.25, -0.2) is 0 Å². The summed E-state index contributed by atoms with van der Waals surface area (Å²) in [5.74, 6) is -0.178. The molecule has 374 valence electrons. The van der Waals surface area contributed by atoms with Gasteiger partial charge in [0.05, 0.1) is 25.4 Å². The van der Waals surface area contributed by atoms with Gasteiger partial charge in [-0.2, -0.15) is 0 Å². The molecule has 2 unspecified atom stereocenters. The Kier molecular flexibility index (Phi) is 51.6. The van der Waals surface area contributed by atoms with Crippen LogP contribution in [0.15, 0.2) is 48.6 Å². The fourth-order valence-electron chi connectivity index (χ4n) is 8.25. The topological polar surface area (TPSA) is 95.9 Å². The van der Waals surface area contributed by atoms with E-state index >= 15 is 0 Å². The summed E-state index contributed by atoms with van der Waals surface area (Å²) in [4.78, 5) is 24.4. The lowest BCUT2D eigenvalue weighted by Crippen LogP contribution is -2.45. The molecular formula is C58H107NO5. The largest absolute Gasteiger partial charge is 0.466 e. The summed E-state index contributed by atoms with van der Waals surface area (Å²) in [6.07, 6.45) is 67.1. The number of allylic oxidation sites excluding steroid dienone is 7. The first-order valence-electron chi connectivity index (χ1n) is 27.9. The van der Waals surface area contributed by atoms with E-state index in [1.165, 1.54) is 199 Å². The highest BCUT2D eigenvalue weighted by Crippen LogP contribution is 2.16. The molecule has 3 N–H and O–H groups in total. The maximum atomic E-state index is 12.4. The van der Waals surface area contributed by atoms with E-state index in [1.807, 2.05) is 12.2 Å². The number of aliphatic hydroxyl groups excluding tert-OH is 2. The van der Waals surface area contributed by atoms with Crippen molar-refractivity contribution in [3.8, 4) is 0 Å². The van der Waals surface area contributed by atoms with Crippen LogP contribution in [0.4, 0.5) is 0 Å². The van der Waals surface area contributed by atoms with Gasteiger partial charge in [0.15, 0.2) is 0 Å². The molecule has 0 spiro atoms. The number of esters is 1. The summed E-state index contributed by atoms with van der Waals surface area (Å²) in [6, 6.07) is -0.674. The molecule has 0 aromatic carbocycles. The van der Waals surface area contributed by atoms with E-state index in [9.17, 15) is 19.8 Å². The maximum Gasteiger partial charge on any atom is 0.305 e. The third kappa shape index (κ3) is 49.3. The van der Waals surface area contributed by atoms with Crippen LogP contribution in [0.25, 0.3) is 0 Å². The second-order valence-electron chi connectivity index (χ2n) is 18.9. The van der Waals surface area contributed by atoms with E-state index in [2.05, 4.69) is 49.5 Å². The molecule has 0 saturated heterocycles. The molecule has 0 bridgehead atoms. The highest BCUT2D eigenvalue weighted by Gasteiger charge is 2.17. The van der Waals surface area contributed by atoms with Crippen LogP contribution >= 0.6 is 0 Å². The number of hydrogen-bond donors (Lipinski definition) is 3. The normalized spacial score (nSPS) is 13.0. The summed E-state index contributed by atoms with van der Waals surface area (Å²) in [7, 11) is 0. The van der Waals surface area contributed by atoms with E-state index in [1.54, 1.807) is 6.08 Å². The van der Waals surface area contributed by atoms with Gasteiger partial charge in [-0.3, -0.25) is 9.59 Å². The molecule has 0 saturated carbocycles. The van der Waals surface area contributed by atoms with E-state index < -0.39 is 12.1 Å². The zero-order valence-electron chi connectivity index (χ0n) is 42.5. The van der Waals surface area contributed by atoms with Crippen molar-refractivity contribution in [1.82, 2.24) is 5.32 Å². The van der Waals surface area contributed by atoms with Gasteiger partial charge in [0, 0.05) is 12.8 Å². The lowest BCUT2D eigenvalue weighted by Gasteiger charge is -2.19. The number of amides is 1. The summed E-state index contributed by atoms with van der Waals surface area (Å²) in [5.41, 5.74) is 0. The third-order valence-electron chi connectivity index (χ3n) is 12.6. The Morgan fingerprint density at radius 2 is 0.812 bits per heavy atom. The Hall–Kier alpha value is -2.18. The van der Waals surface area contributed by atoms with Crippen LogP contribution in [-0.2, 0) is 14.3 Å². The van der Waals surface area contributed by atoms with Crippen molar-refractivity contribution in [2.75, 3.05) is 13.2 Å². The highest BCUT2D eigenvalue weighted by atomic mass is 16.5. The number of rotatable bonds is 51. The van der Waals surface area contributed by atoms with Crippen LogP contribution in [0.5, 0.6) is 0 Å². The molecule has 6 heteroatoms. The molecule has 2 atom stereocenters. The Bertz CT molecular complexity index is 1080. The monoisotopic (exact) mass is 898 g/mol. The maximum absolute atomic E-state index is 12.4. The van der Waals surface area contributed by atoms with Crippen molar-refractivity contribution in [2.45, 2.75) is 296 Å². The molecule has 0 aliphatic rings. The van der Waals surface area contributed by atoms with Gasteiger partial charge in [0.2, 0.25) is 5.91 Å². The van der Waals surface area contributed by atoms with Gasteiger partial charge in [0.1, 0.15) is 0 Å². The fraction of sp³-hybridized carbons (Fsp3) is 0.828. The standard InChI is InChI=1S/C58H107NO5/c1-3-5-7-9-11-13-15-16-17-18-19-20-21-22-23-24-25-27-31-34-38-42-46-50-56(61)55(54-60)59-57(62)51-47-43-39-35-32-28-26-29-33-37-41-45-49-53-64-58(63)52-48-44-40-36-30-14-12-10-8-6-4-2/h10,12,28,32,39,43,46,50,55-56,60-61H,3-9,11,13-27,29-31,33-38,40-42,44-45,47-49,51-54H2,1-2H3,(H,59,62)/b12-10-,32-28-,43-39-,50-46+. The zero-order valence-corrected chi connectivity index (χ0v) is 42.5. The molecule has 0 aliphatic heterocycles. The minimum atomic E-state index is -0.881. The van der Waals surface area contributed by atoms with Crippen LogP contribution in [-0.4, -0.2) is 47.4 Å². The number of carbonyl (C=O) groups is 2. The van der Waals surface area contributed by atoms with Gasteiger partial charge >= 0.3 is 5.97 Å². The number of hydrogen-bond acceptors (Lipinski definition) is 5. The number of nitrogens with one attached hydrogen (secondary N) is 1. The molecule has 0 aromatic heterocycles. The van der Waals surface area contributed by atoms with Gasteiger partial charge in [-0.1, -0.05) is 249 Å². The molecule has 64 heavy (non-hydrogen) atoms. The second kappa shape index (κ2) is 53.4. The Labute approximate surface area is 397 Å². The van der Waals surface area contributed by atoms with Gasteiger partial charge < -0.3 is 20.3 Å².